The number of piperidine rings is 1. The third-order valence-electron chi connectivity index (χ3n) is 5.44. The molecule has 3 aliphatic rings. The first-order valence-corrected chi connectivity index (χ1v) is 9.08. The lowest BCUT2D eigenvalue weighted by atomic mass is 9.94. The van der Waals surface area contributed by atoms with Crippen LogP contribution in [0, 0.1) is 23.4 Å². The summed E-state index contributed by atoms with van der Waals surface area (Å²) in [5.74, 6) is -3.86. The highest BCUT2D eigenvalue weighted by atomic mass is 19.2. The quantitative estimate of drug-likeness (QED) is 0.771. The van der Waals surface area contributed by atoms with Crippen molar-refractivity contribution in [3.8, 4) is 0 Å². The van der Waals surface area contributed by atoms with Crippen LogP contribution in [0.1, 0.15) is 24.1 Å². The van der Waals surface area contributed by atoms with Crippen molar-refractivity contribution < 1.29 is 18.0 Å². The molecule has 0 unspecified atom stereocenters. The Hall–Kier alpha value is -2.41. The van der Waals surface area contributed by atoms with Crippen LogP contribution in [-0.2, 0) is 17.9 Å². The molecule has 1 aromatic heterocycles. The van der Waals surface area contributed by atoms with Crippen molar-refractivity contribution in [2.75, 3.05) is 13.1 Å². The Morgan fingerprint density at radius 1 is 1.00 bits per heavy atom. The summed E-state index contributed by atoms with van der Waals surface area (Å²) in [6.07, 6.45) is 3.37. The van der Waals surface area contributed by atoms with E-state index in [9.17, 15) is 18.0 Å². The molecule has 0 N–H and O–H groups in total. The average molecular weight is 375 g/mol. The zero-order valence-corrected chi connectivity index (χ0v) is 14.7. The van der Waals surface area contributed by atoms with E-state index in [1.807, 2.05) is 28.0 Å². The number of halogens is 3. The number of pyridine rings is 1. The van der Waals surface area contributed by atoms with Gasteiger partial charge < -0.3 is 4.90 Å². The largest absolute Gasteiger partial charge is 0.332 e. The van der Waals surface area contributed by atoms with Crippen molar-refractivity contribution >= 4 is 5.91 Å². The number of aromatic nitrogens is 1. The Morgan fingerprint density at radius 2 is 1.85 bits per heavy atom. The molecule has 1 amide bonds. The number of carbonyl (C=O) groups is 1. The maximum atomic E-state index is 14.0. The van der Waals surface area contributed by atoms with Gasteiger partial charge >= 0.3 is 0 Å². The number of hydrogen-bond acceptors (Lipinski definition) is 3. The van der Waals surface area contributed by atoms with Crippen LogP contribution in [0.25, 0.3) is 0 Å². The number of fused-ring (bicyclic) bond motifs is 4. The Kier molecular flexibility index (Phi) is 4.86. The number of nitrogens with zero attached hydrogens (tertiary/aromatic N) is 3. The smallest absolute Gasteiger partial charge is 0.227 e. The number of amides is 1. The van der Waals surface area contributed by atoms with Crippen molar-refractivity contribution in [2.24, 2.45) is 5.92 Å². The van der Waals surface area contributed by atoms with Gasteiger partial charge in [-0.1, -0.05) is 12.1 Å². The van der Waals surface area contributed by atoms with Crippen LogP contribution in [-0.4, -0.2) is 39.8 Å². The number of hydrogen-bond donors (Lipinski definition) is 0. The summed E-state index contributed by atoms with van der Waals surface area (Å²) >= 11 is 0. The maximum absolute atomic E-state index is 14.0. The molecule has 142 valence electrons. The van der Waals surface area contributed by atoms with E-state index >= 15 is 0 Å². The van der Waals surface area contributed by atoms with E-state index in [1.165, 1.54) is 6.07 Å². The standard InChI is InChI=1S/C20H20F3N3O/c21-17-7-5-13(18(22)19(17)23)9-25-10-14-4-6-16(12-25)26(20(14)27)11-15-3-1-2-8-24-15/h1-3,5,7-8,14,16H,4,6,9-12H2/t14-,16+/m0/s1. The molecule has 2 aromatic rings. The Bertz CT molecular complexity index is 846. The van der Waals surface area contributed by atoms with Gasteiger partial charge in [-0.05, 0) is 31.0 Å². The van der Waals surface area contributed by atoms with Gasteiger partial charge in [-0.3, -0.25) is 14.7 Å². The molecule has 3 saturated heterocycles. The first kappa shape index (κ1) is 18.0. The summed E-state index contributed by atoms with van der Waals surface area (Å²) in [4.78, 5) is 21.0. The second-order valence-corrected chi connectivity index (χ2v) is 7.24. The van der Waals surface area contributed by atoms with Crippen molar-refractivity contribution in [1.82, 2.24) is 14.8 Å². The second-order valence-electron chi connectivity index (χ2n) is 7.24. The SMILES string of the molecule is O=C1[C@H]2CC[C@H](CN(Cc3ccc(F)c(F)c3F)C2)N1Cc1ccccn1. The summed E-state index contributed by atoms with van der Waals surface area (Å²) < 4.78 is 40.7. The topological polar surface area (TPSA) is 36.4 Å². The molecule has 3 fully saturated rings. The molecule has 0 spiro atoms. The lowest BCUT2D eigenvalue weighted by Crippen LogP contribution is -2.47. The highest BCUT2D eigenvalue weighted by Gasteiger charge is 2.40. The highest BCUT2D eigenvalue weighted by Crippen LogP contribution is 2.31. The third kappa shape index (κ3) is 3.56. The van der Waals surface area contributed by atoms with E-state index in [4.69, 9.17) is 0 Å². The molecule has 2 atom stereocenters. The minimum absolute atomic E-state index is 0.00612. The lowest BCUT2D eigenvalue weighted by molar-refractivity contribution is -0.140. The van der Waals surface area contributed by atoms with E-state index in [0.717, 1.165) is 24.6 Å². The zero-order chi connectivity index (χ0) is 19.0. The van der Waals surface area contributed by atoms with Gasteiger partial charge in [0.25, 0.3) is 0 Å². The van der Waals surface area contributed by atoms with Crippen LogP contribution < -0.4 is 0 Å². The monoisotopic (exact) mass is 375 g/mol. The summed E-state index contributed by atoms with van der Waals surface area (Å²) in [5.41, 5.74) is 0.940. The summed E-state index contributed by atoms with van der Waals surface area (Å²) in [5, 5.41) is 0. The molecule has 5 rings (SSSR count). The van der Waals surface area contributed by atoms with E-state index < -0.39 is 17.5 Å². The van der Waals surface area contributed by atoms with Gasteiger partial charge in [-0.2, -0.15) is 0 Å². The molecule has 27 heavy (non-hydrogen) atoms. The van der Waals surface area contributed by atoms with E-state index in [2.05, 4.69) is 4.98 Å². The number of rotatable bonds is 4. The van der Waals surface area contributed by atoms with Crippen molar-refractivity contribution in [1.29, 1.82) is 0 Å². The zero-order valence-electron chi connectivity index (χ0n) is 14.7. The molecule has 0 radical (unpaired) electrons. The van der Waals surface area contributed by atoms with Crippen molar-refractivity contribution in [2.45, 2.75) is 32.0 Å². The fourth-order valence-corrected chi connectivity index (χ4v) is 4.06. The van der Waals surface area contributed by atoms with Gasteiger partial charge in [0, 0.05) is 37.4 Å². The van der Waals surface area contributed by atoms with Gasteiger partial charge in [0.15, 0.2) is 17.5 Å². The molecule has 4 nitrogen and oxygen atoms in total. The molecule has 7 heteroatoms. The van der Waals surface area contributed by atoms with Crippen LogP contribution in [0.2, 0.25) is 0 Å². The highest BCUT2D eigenvalue weighted by molar-refractivity contribution is 5.80. The van der Waals surface area contributed by atoms with E-state index in [1.54, 1.807) is 6.20 Å². The molecule has 0 saturated carbocycles. The minimum Gasteiger partial charge on any atom is -0.332 e. The Labute approximate surface area is 155 Å². The average Bonchev–Trinajstić information content (AvgIpc) is 2.95. The second kappa shape index (κ2) is 7.31. The van der Waals surface area contributed by atoms with Gasteiger partial charge in [0.1, 0.15) is 0 Å². The third-order valence-corrected chi connectivity index (χ3v) is 5.44. The fourth-order valence-electron chi connectivity index (χ4n) is 4.06. The Balaban J connectivity index is 1.52. The first-order valence-electron chi connectivity index (χ1n) is 9.08. The first-order chi connectivity index (χ1) is 13.0. The van der Waals surface area contributed by atoms with E-state index in [0.29, 0.717) is 19.6 Å². The van der Waals surface area contributed by atoms with Gasteiger partial charge in [-0.25, -0.2) is 13.2 Å². The lowest BCUT2D eigenvalue weighted by Gasteiger charge is -2.35. The Morgan fingerprint density at radius 3 is 2.63 bits per heavy atom. The van der Waals surface area contributed by atoms with E-state index in [-0.39, 0.29) is 30.0 Å². The molecule has 2 bridgehead atoms. The van der Waals surface area contributed by atoms with Crippen LogP contribution in [0.3, 0.4) is 0 Å². The molecular formula is C20H20F3N3O. The van der Waals surface area contributed by atoms with Gasteiger partial charge in [0.05, 0.1) is 18.2 Å². The molecule has 3 aliphatic heterocycles. The normalized spacial score (nSPS) is 22.9. The fraction of sp³-hybridized carbons (Fsp3) is 0.400. The van der Waals surface area contributed by atoms with Crippen LogP contribution in [0.4, 0.5) is 13.2 Å². The predicted octanol–water partition coefficient (Wildman–Crippen LogP) is 3.12. The number of benzene rings is 1. The molecular weight excluding hydrogens is 355 g/mol. The van der Waals surface area contributed by atoms with Crippen molar-refractivity contribution in [3.05, 3.63) is 65.2 Å². The summed E-state index contributed by atoms with van der Waals surface area (Å²) in [6.45, 7) is 1.68. The number of carbonyl (C=O) groups excluding carboxylic acids is 1. The van der Waals surface area contributed by atoms with Gasteiger partial charge in [0.2, 0.25) is 5.91 Å². The molecule has 1 aromatic carbocycles. The summed E-state index contributed by atoms with van der Waals surface area (Å²) in [7, 11) is 0. The minimum atomic E-state index is -1.45. The maximum Gasteiger partial charge on any atom is 0.227 e. The van der Waals surface area contributed by atoms with Crippen LogP contribution >= 0.6 is 0 Å². The summed E-state index contributed by atoms with van der Waals surface area (Å²) in [6, 6.07) is 7.83. The van der Waals surface area contributed by atoms with Crippen molar-refractivity contribution in [3.63, 3.8) is 0 Å². The van der Waals surface area contributed by atoms with Crippen LogP contribution in [0.5, 0.6) is 0 Å². The van der Waals surface area contributed by atoms with Gasteiger partial charge in [-0.15, -0.1) is 0 Å². The molecule has 0 aliphatic carbocycles. The molecule has 4 heterocycles. The predicted molar refractivity (Wildman–Crippen MR) is 92.9 cm³/mol. The van der Waals surface area contributed by atoms with Crippen LogP contribution in [0.15, 0.2) is 36.5 Å².